The Kier molecular flexibility index (Phi) is 6.75. The number of carbonyl (C=O) groups is 1. The molecule has 0 aliphatic rings. The van der Waals surface area contributed by atoms with Crippen molar-refractivity contribution in [1.82, 2.24) is 0 Å². The van der Waals surface area contributed by atoms with Gasteiger partial charge in [0.25, 0.3) is 0 Å². The maximum Gasteiger partial charge on any atom is 0.311 e. The van der Waals surface area contributed by atoms with Gasteiger partial charge >= 0.3 is 5.97 Å². The molecule has 132 valence electrons. The van der Waals surface area contributed by atoms with Crippen LogP contribution < -0.4 is 9.47 Å². The normalized spacial score (nSPS) is 11.5. The van der Waals surface area contributed by atoms with Crippen LogP contribution in [0.1, 0.15) is 32.3 Å². The van der Waals surface area contributed by atoms with Gasteiger partial charge in [0, 0.05) is 19.2 Å². The minimum atomic E-state index is -0.210. The van der Waals surface area contributed by atoms with E-state index in [-0.39, 0.29) is 11.4 Å². The summed E-state index contributed by atoms with van der Waals surface area (Å²) >= 11 is 0. The molecule has 2 aromatic rings. The highest BCUT2D eigenvalue weighted by atomic mass is 16.5. The number of hydrogen-bond donors (Lipinski definition) is 0. The van der Waals surface area contributed by atoms with Gasteiger partial charge in [0.1, 0.15) is 11.5 Å². The summed E-state index contributed by atoms with van der Waals surface area (Å²) in [4.78, 5) is 16.5. The molecule has 4 nitrogen and oxygen atoms in total. The quantitative estimate of drug-likeness (QED) is 0.403. The molecule has 2 aromatic carbocycles. The first kappa shape index (κ1) is 18.7. The third-order valence-corrected chi connectivity index (χ3v) is 3.86. The Hall–Kier alpha value is -2.62. The van der Waals surface area contributed by atoms with Gasteiger partial charge in [-0.25, -0.2) is 0 Å². The van der Waals surface area contributed by atoms with Gasteiger partial charge in [0.2, 0.25) is 0 Å². The van der Waals surface area contributed by atoms with Crippen molar-refractivity contribution in [3.05, 3.63) is 60.2 Å². The number of rotatable bonds is 8. The van der Waals surface area contributed by atoms with Gasteiger partial charge < -0.3 is 9.47 Å². The Balaban J connectivity index is 1.78. The van der Waals surface area contributed by atoms with Crippen LogP contribution in [-0.4, -0.2) is 25.8 Å². The molecule has 0 fully saturated rings. The Morgan fingerprint density at radius 2 is 1.72 bits per heavy atom. The molecule has 0 spiro atoms. The van der Waals surface area contributed by atoms with Crippen molar-refractivity contribution in [1.29, 1.82) is 0 Å². The second-order valence-electron chi connectivity index (χ2n) is 6.69. The van der Waals surface area contributed by atoms with Crippen molar-refractivity contribution in [2.75, 3.05) is 13.7 Å². The largest absolute Gasteiger partial charge is 0.497 e. The third-order valence-electron chi connectivity index (χ3n) is 3.86. The lowest BCUT2D eigenvalue weighted by atomic mass is 9.88. The molecule has 0 radical (unpaired) electrons. The fourth-order valence-electron chi connectivity index (χ4n) is 2.28. The van der Waals surface area contributed by atoms with Crippen molar-refractivity contribution < 1.29 is 14.3 Å². The first-order valence-electron chi connectivity index (χ1n) is 8.38. The Bertz CT molecular complexity index is 691. The number of hydrogen-bond acceptors (Lipinski definition) is 4. The number of nitrogens with zero attached hydrogens (tertiary/aromatic N) is 1. The van der Waals surface area contributed by atoms with Crippen LogP contribution >= 0.6 is 0 Å². The maximum absolute atomic E-state index is 11.9. The number of para-hydroxylation sites is 1. The first-order valence-corrected chi connectivity index (χ1v) is 8.38. The molecule has 0 unspecified atom stereocenters. The van der Waals surface area contributed by atoms with E-state index in [0.29, 0.717) is 18.7 Å². The van der Waals surface area contributed by atoms with Crippen molar-refractivity contribution >= 4 is 12.2 Å². The highest BCUT2D eigenvalue weighted by molar-refractivity contribution is 5.79. The first-order chi connectivity index (χ1) is 12.0. The van der Waals surface area contributed by atoms with E-state index in [9.17, 15) is 4.79 Å². The van der Waals surface area contributed by atoms with Crippen LogP contribution in [0.4, 0.5) is 0 Å². The van der Waals surface area contributed by atoms with Crippen molar-refractivity contribution in [2.24, 2.45) is 10.4 Å². The number of aliphatic imine (C=N–C) groups is 1. The average molecular weight is 339 g/mol. The summed E-state index contributed by atoms with van der Waals surface area (Å²) in [6, 6.07) is 16.9. The average Bonchev–Trinajstić information content (AvgIpc) is 2.61. The summed E-state index contributed by atoms with van der Waals surface area (Å²) in [6.07, 6.45) is 2.95. The molecule has 0 aliphatic heterocycles. The van der Waals surface area contributed by atoms with E-state index in [0.717, 1.165) is 17.7 Å². The molecular weight excluding hydrogens is 314 g/mol. The summed E-state index contributed by atoms with van der Waals surface area (Å²) in [5.74, 6) is 1.20. The van der Waals surface area contributed by atoms with E-state index in [1.807, 2.05) is 48.7 Å². The van der Waals surface area contributed by atoms with Crippen LogP contribution in [0.25, 0.3) is 0 Å². The summed E-state index contributed by atoms with van der Waals surface area (Å²) in [5, 5.41) is 0. The summed E-state index contributed by atoms with van der Waals surface area (Å²) in [7, 11) is 1.65. The van der Waals surface area contributed by atoms with Crippen LogP contribution in [-0.2, 0) is 4.79 Å². The molecule has 0 aromatic heterocycles. The van der Waals surface area contributed by atoms with Crippen LogP contribution in [0.15, 0.2) is 59.6 Å². The zero-order valence-corrected chi connectivity index (χ0v) is 15.1. The van der Waals surface area contributed by atoms with E-state index in [1.54, 1.807) is 19.2 Å². The van der Waals surface area contributed by atoms with Gasteiger partial charge in [0.05, 0.1) is 7.11 Å². The molecule has 0 aliphatic carbocycles. The summed E-state index contributed by atoms with van der Waals surface area (Å²) in [6.45, 7) is 4.86. The smallest absolute Gasteiger partial charge is 0.311 e. The lowest BCUT2D eigenvalue weighted by Gasteiger charge is -2.21. The van der Waals surface area contributed by atoms with Crippen molar-refractivity contribution in [3.8, 4) is 11.5 Å². The molecule has 0 saturated carbocycles. The molecule has 4 heteroatoms. The van der Waals surface area contributed by atoms with Gasteiger partial charge in [0.15, 0.2) is 0 Å². The second kappa shape index (κ2) is 9.02. The molecule has 2 rings (SSSR count). The predicted molar refractivity (Wildman–Crippen MR) is 101 cm³/mol. The van der Waals surface area contributed by atoms with Crippen LogP contribution in [0.5, 0.6) is 11.5 Å². The zero-order chi connectivity index (χ0) is 18.1. The van der Waals surface area contributed by atoms with Crippen molar-refractivity contribution in [3.63, 3.8) is 0 Å². The second-order valence-corrected chi connectivity index (χ2v) is 6.69. The molecule has 25 heavy (non-hydrogen) atoms. The summed E-state index contributed by atoms with van der Waals surface area (Å²) in [5.41, 5.74) is 0.957. The topological polar surface area (TPSA) is 47.9 Å². The van der Waals surface area contributed by atoms with Crippen LogP contribution in [0.2, 0.25) is 0 Å². The fourth-order valence-corrected chi connectivity index (χ4v) is 2.28. The van der Waals surface area contributed by atoms with Gasteiger partial charge in [-0.05, 0) is 53.8 Å². The number of ether oxygens (including phenoxy) is 2. The minimum absolute atomic E-state index is 0.0708. The monoisotopic (exact) mass is 339 g/mol. The molecule has 0 amide bonds. The van der Waals surface area contributed by atoms with Crippen molar-refractivity contribution in [2.45, 2.75) is 26.7 Å². The number of methoxy groups -OCH3 is 1. The molecular formula is C21H25NO3. The number of carbonyl (C=O) groups excluding carboxylic acids is 1. The van der Waals surface area contributed by atoms with Gasteiger partial charge in [-0.15, -0.1) is 0 Å². The molecule has 0 N–H and O–H groups in total. The fraction of sp³-hybridized carbons (Fsp3) is 0.333. The van der Waals surface area contributed by atoms with Gasteiger partial charge in [-0.2, -0.15) is 0 Å². The molecule has 0 bridgehead atoms. The van der Waals surface area contributed by atoms with E-state index in [4.69, 9.17) is 9.47 Å². The van der Waals surface area contributed by atoms with Gasteiger partial charge in [-0.1, -0.05) is 32.0 Å². The summed E-state index contributed by atoms with van der Waals surface area (Å²) < 4.78 is 10.5. The minimum Gasteiger partial charge on any atom is -0.497 e. The van der Waals surface area contributed by atoms with Crippen LogP contribution in [0, 0.1) is 5.41 Å². The molecule has 0 heterocycles. The third kappa shape index (κ3) is 6.79. The highest BCUT2D eigenvalue weighted by Gasteiger charge is 2.19. The molecule has 0 saturated heterocycles. The lowest BCUT2D eigenvalue weighted by Crippen LogP contribution is -2.19. The maximum atomic E-state index is 11.9. The van der Waals surface area contributed by atoms with Gasteiger partial charge in [-0.3, -0.25) is 9.79 Å². The van der Waals surface area contributed by atoms with Crippen LogP contribution in [0.3, 0.4) is 0 Å². The Labute approximate surface area is 149 Å². The highest BCUT2D eigenvalue weighted by Crippen LogP contribution is 2.23. The zero-order valence-electron chi connectivity index (χ0n) is 15.1. The number of benzene rings is 2. The van der Waals surface area contributed by atoms with E-state index < -0.39 is 0 Å². The van der Waals surface area contributed by atoms with E-state index in [1.165, 1.54) is 0 Å². The predicted octanol–water partition coefficient (Wildman–Crippen LogP) is 4.53. The molecule has 0 atom stereocenters. The lowest BCUT2D eigenvalue weighted by molar-refractivity contribution is -0.135. The Morgan fingerprint density at radius 1 is 1.04 bits per heavy atom. The Morgan fingerprint density at radius 3 is 2.36 bits per heavy atom. The standard InChI is InChI=1S/C21H25NO3/c1-21(2,14-13-20(23)25-19-7-5-4-6-8-19)16-22-15-17-9-11-18(24-3)12-10-17/h4-12,15H,13-14,16H2,1-3H3. The van der Waals surface area contributed by atoms with E-state index >= 15 is 0 Å². The SMILES string of the molecule is COc1ccc(C=NCC(C)(C)CCC(=O)Oc2ccccc2)cc1. The number of esters is 1. The van der Waals surface area contributed by atoms with E-state index in [2.05, 4.69) is 18.8 Å².